The lowest BCUT2D eigenvalue weighted by Crippen LogP contribution is -2.08. The van der Waals surface area contributed by atoms with Gasteiger partial charge in [0.2, 0.25) is 5.56 Å². The number of aromatic nitrogens is 1. The van der Waals surface area contributed by atoms with Crippen LogP contribution in [0.2, 0.25) is 0 Å². The summed E-state index contributed by atoms with van der Waals surface area (Å²) in [5, 5.41) is 0. The minimum Gasteiger partial charge on any atom is -0.325 e. The van der Waals surface area contributed by atoms with Gasteiger partial charge in [-0.25, -0.2) is 0 Å². The van der Waals surface area contributed by atoms with Gasteiger partial charge in [0, 0.05) is 20.2 Å². The third kappa shape index (κ3) is 3.81. The maximum absolute atomic E-state index is 11.0. The number of rotatable bonds is 3. The van der Waals surface area contributed by atoms with Crippen molar-refractivity contribution in [3.63, 3.8) is 0 Å². The summed E-state index contributed by atoms with van der Waals surface area (Å²) in [6, 6.07) is 3.33. The van der Waals surface area contributed by atoms with Gasteiger partial charge in [-0.05, 0) is 34.8 Å². The summed E-state index contributed by atoms with van der Waals surface area (Å²) in [5.41, 5.74) is 0.968. The van der Waals surface area contributed by atoms with Gasteiger partial charge in [0.15, 0.2) is 0 Å². The summed E-state index contributed by atoms with van der Waals surface area (Å²) < 4.78 is 1.62. The highest BCUT2D eigenvalue weighted by Gasteiger charge is 2.02. The fraction of sp³-hybridized carbons (Fsp3) is 0.444. The zero-order valence-corrected chi connectivity index (χ0v) is 11.1. The third-order valence-corrected chi connectivity index (χ3v) is 3.10. The minimum atomic E-state index is -0.0284. The number of hydrogen-bond donors (Lipinski definition) is 1. The summed E-state index contributed by atoms with van der Waals surface area (Å²) in [7, 11) is 0. The normalized spacial score (nSPS) is 12.8. The first-order valence-electron chi connectivity index (χ1n) is 4.11. The molecule has 0 saturated carbocycles. The van der Waals surface area contributed by atoms with Crippen molar-refractivity contribution in [1.82, 2.24) is 4.98 Å². The van der Waals surface area contributed by atoms with Crippen molar-refractivity contribution in [3.8, 4) is 0 Å². The van der Waals surface area contributed by atoms with Crippen LogP contribution >= 0.6 is 38.5 Å². The maximum atomic E-state index is 11.0. The molecule has 0 aliphatic heterocycles. The van der Waals surface area contributed by atoms with E-state index in [-0.39, 0.29) is 5.56 Å². The Hall–Kier alpha value is 0.160. The molecule has 0 saturated heterocycles. The van der Waals surface area contributed by atoms with Crippen molar-refractivity contribution in [2.24, 2.45) is 0 Å². The van der Waals surface area contributed by atoms with Crippen LogP contribution in [0, 0.1) is 0 Å². The monoisotopic (exact) mass is 355 g/mol. The van der Waals surface area contributed by atoms with E-state index in [9.17, 15) is 4.79 Å². The molecule has 0 aromatic carbocycles. The van der Waals surface area contributed by atoms with E-state index in [2.05, 4.69) is 50.4 Å². The number of pyridine rings is 1. The van der Waals surface area contributed by atoms with Crippen LogP contribution in [0.1, 0.15) is 19.0 Å². The predicted molar refractivity (Wildman–Crippen MR) is 66.6 cm³/mol. The van der Waals surface area contributed by atoms with E-state index >= 15 is 0 Å². The Kier molecular flexibility index (Phi) is 4.45. The topological polar surface area (TPSA) is 32.9 Å². The van der Waals surface area contributed by atoms with Gasteiger partial charge in [-0.2, -0.15) is 0 Å². The van der Waals surface area contributed by atoms with E-state index in [0.29, 0.717) is 3.92 Å². The van der Waals surface area contributed by atoms with Crippen LogP contribution in [-0.4, -0.2) is 8.91 Å². The SMILES string of the molecule is CC(I)CCc1[nH]c(=O)ccc1Br. The van der Waals surface area contributed by atoms with E-state index in [1.165, 1.54) is 6.07 Å². The van der Waals surface area contributed by atoms with Crippen molar-refractivity contribution in [2.45, 2.75) is 23.7 Å². The molecule has 1 rings (SSSR count). The smallest absolute Gasteiger partial charge is 0.248 e. The quantitative estimate of drug-likeness (QED) is 0.656. The first-order valence-corrected chi connectivity index (χ1v) is 6.15. The highest BCUT2D eigenvalue weighted by atomic mass is 127. The fourth-order valence-corrected chi connectivity index (χ4v) is 1.77. The largest absolute Gasteiger partial charge is 0.325 e. The van der Waals surface area contributed by atoms with Crippen LogP contribution in [0.15, 0.2) is 21.4 Å². The second kappa shape index (κ2) is 5.14. The molecular weight excluding hydrogens is 345 g/mol. The number of alkyl halides is 1. The minimum absolute atomic E-state index is 0.0284. The Bertz CT molecular complexity index is 335. The van der Waals surface area contributed by atoms with Crippen molar-refractivity contribution in [3.05, 3.63) is 32.7 Å². The molecule has 1 atom stereocenters. The lowest BCUT2D eigenvalue weighted by molar-refractivity contribution is 0.802. The number of nitrogens with one attached hydrogen (secondary N) is 1. The summed E-state index contributed by atoms with van der Waals surface area (Å²) in [5.74, 6) is 0. The van der Waals surface area contributed by atoms with E-state index in [1.807, 2.05) is 0 Å². The summed E-state index contributed by atoms with van der Waals surface area (Å²) in [6.45, 7) is 2.16. The number of aryl methyl sites for hydroxylation is 1. The van der Waals surface area contributed by atoms with E-state index in [1.54, 1.807) is 6.07 Å². The first kappa shape index (κ1) is 11.2. The number of hydrogen-bond acceptors (Lipinski definition) is 1. The highest BCUT2D eigenvalue weighted by molar-refractivity contribution is 14.1. The van der Waals surface area contributed by atoms with Gasteiger partial charge in [0.05, 0.1) is 0 Å². The second-order valence-corrected chi connectivity index (χ2v) is 5.95. The van der Waals surface area contributed by atoms with Gasteiger partial charge < -0.3 is 4.98 Å². The molecule has 0 spiro atoms. The average Bonchev–Trinajstić information content (AvgIpc) is 2.06. The van der Waals surface area contributed by atoms with Crippen LogP contribution in [0.25, 0.3) is 0 Å². The molecule has 0 radical (unpaired) electrons. The Labute approximate surface area is 99.4 Å². The lowest BCUT2D eigenvalue weighted by atomic mass is 10.2. The number of halogens is 2. The van der Waals surface area contributed by atoms with Gasteiger partial charge in [-0.15, -0.1) is 0 Å². The molecule has 1 aromatic heterocycles. The second-order valence-electron chi connectivity index (χ2n) is 2.97. The standard InChI is InChI=1S/C9H11BrINO/c1-6(11)2-4-8-7(10)3-5-9(13)12-8/h3,5-6H,2,4H2,1H3,(H,12,13). The fourth-order valence-electron chi connectivity index (χ4n) is 1.02. The summed E-state index contributed by atoms with van der Waals surface area (Å²) in [4.78, 5) is 13.8. The Morgan fingerprint density at radius 3 is 2.92 bits per heavy atom. The van der Waals surface area contributed by atoms with Crippen molar-refractivity contribution >= 4 is 38.5 Å². The zero-order valence-electron chi connectivity index (χ0n) is 7.31. The molecule has 0 bridgehead atoms. The third-order valence-electron chi connectivity index (χ3n) is 1.74. The molecule has 0 aliphatic rings. The molecule has 13 heavy (non-hydrogen) atoms. The molecule has 2 nitrogen and oxygen atoms in total. The molecule has 1 N–H and O–H groups in total. The van der Waals surface area contributed by atoms with Crippen molar-refractivity contribution < 1.29 is 0 Å². The van der Waals surface area contributed by atoms with Crippen LogP contribution in [-0.2, 0) is 6.42 Å². The maximum Gasteiger partial charge on any atom is 0.248 e. The molecule has 0 fully saturated rings. The van der Waals surface area contributed by atoms with Crippen LogP contribution < -0.4 is 5.56 Å². The lowest BCUT2D eigenvalue weighted by Gasteiger charge is -2.04. The van der Waals surface area contributed by atoms with Crippen molar-refractivity contribution in [2.75, 3.05) is 0 Å². The average molecular weight is 356 g/mol. The van der Waals surface area contributed by atoms with Crippen molar-refractivity contribution in [1.29, 1.82) is 0 Å². The van der Waals surface area contributed by atoms with E-state index < -0.39 is 0 Å². The molecule has 4 heteroatoms. The Morgan fingerprint density at radius 1 is 1.62 bits per heavy atom. The van der Waals surface area contributed by atoms with Gasteiger partial charge in [-0.1, -0.05) is 29.5 Å². The predicted octanol–water partition coefficient (Wildman–Crippen LogP) is 2.89. The number of aromatic amines is 1. The molecule has 0 aliphatic carbocycles. The number of H-pyrrole nitrogens is 1. The Morgan fingerprint density at radius 2 is 2.31 bits per heavy atom. The van der Waals surface area contributed by atoms with Gasteiger partial charge >= 0.3 is 0 Å². The first-order chi connectivity index (χ1) is 6.09. The molecular formula is C9H11BrINO. The summed E-state index contributed by atoms with van der Waals surface area (Å²) in [6.07, 6.45) is 2.00. The van der Waals surface area contributed by atoms with E-state index in [4.69, 9.17) is 0 Å². The highest BCUT2D eigenvalue weighted by Crippen LogP contribution is 2.16. The molecule has 1 heterocycles. The van der Waals surface area contributed by atoms with Gasteiger partial charge in [0.25, 0.3) is 0 Å². The summed E-state index contributed by atoms with van der Waals surface area (Å²) >= 11 is 5.79. The van der Waals surface area contributed by atoms with E-state index in [0.717, 1.165) is 23.0 Å². The molecule has 1 aromatic rings. The van der Waals surface area contributed by atoms with Crippen LogP contribution in [0.5, 0.6) is 0 Å². The van der Waals surface area contributed by atoms with Crippen LogP contribution in [0.3, 0.4) is 0 Å². The Balaban J connectivity index is 2.76. The molecule has 0 amide bonds. The molecule has 1 unspecified atom stereocenters. The van der Waals surface area contributed by atoms with Crippen LogP contribution in [0.4, 0.5) is 0 Å². The van der Waals surface area contributed by atoms with Gasteiger partial charge in [0.1, 0.15) is 0 Å². The zero-order chi connectivity index (χ0) is 9.84. The molecule has 72 valence electrons. The van der Waals surface area contributed by atoms with Gasteiger partial charge in [-0.3, -0.25) is 4.79 Å².